The average molecular weight is 223 g/mol. The number of aromatic hydroxyl groups is 1. The highest BCUT2D eigenvalue weighted by molar-refractivity contribution is 5.94. The van der Waals surface area contributed by atoms with E-state index in [9.17, 15) is 9.90 Å². The topological polar surface area (TPSA) is 58.6 Å². The molecule has 0 bridgehead atoms. The summed E-state index contributed by atoms with van der Waals surface area (Å²) in [5.74, 6) is -0.116. The smallest absolute Gasteiger partial charge is 0.251 e. The zero-order valence-corrected chi connectivity index (χ0v) is 9.56. The second-order valence-corrected chi connectivity index (χ2v) is 3.73. The number of nitrogens with one attached hydrogen (secondary N) is 1. The molecule has 88 valence electrons. The van der Waals surface area contributed by atoms with Crippen LogP contribution in [-0.4, -0.2) is 30.3 Å². The molecule has 0 aliphatic carbocycles. The van der Waals surface area contributed by atoms with Gasteiger partial charge in [-0.05, 0) is 32.0 Å². The molecule has 0 aromatic heterocycles. The number of phenols is 1. The summed E-state index contributed by atoms with van der Waals surface area (Å²) < 4.78 is 5.29. The van der Waals surface area contributed by atoms with Crippen LogP contribution in [0.1, 0.15) is 24.2 Å². The number of phenolic OH excluding ortho intramolecular Hbond substituents is 1. The molecule has 0 fully saturated rings. The number of hydrogen-bond acceptors (Lipinski definition) is 3. The molecule has 0 heterocycles. The van der Waals surface area contributed by atoms with Crippen LogP contribution in [0.2, 0.25) is 0 Å². The third-order valence-electron chi connectivity index (χ3n) is 1.95. The minimum Gasteiger partial charge on any atom is -0.508 e. The van der Waals surface area contributed by atoms with E-state index in [2.05, 4.69) is 5.32 Å². The van der Waals surface area contributed by atoms with Gasteiger partial charge >= 0.3 is 0 Å². The lowest BCUT2D eigenvalue weighted by Crippen LogP contribution is -2.27. The molecule has 1 aromatic rings. The highest BCUT2D eigenvalue weighted by Crippen LogP contribution is 2.10. The zero-order chi connectivity index (χ0) is 12.0. The van der Waals surface area contributed by atoms with Crippen LogP contribution in [0, 0.1) is 0 Å². The number of benzene rings is 1. The van der Waals surface area contributed by atoms with Crippen LogP contribution in [0.25, 0.3) is 0 Å². The third-order valence-corrected chi connectivity index (χ3v) is 1.95. The van der Waals surface area contributed by atoms with Gasteiger partial charge in [0.15, 0.2) is 0 Å². The van der Waals surface area contributed by atoms with Crippen LogP contribution < -0.4 is 5.32 Å². The van der Waals surface area contributed by atoms with E-state index in [-0.39, 0.29) is 17.8 Å². The Kier molecular flexibility index (Phi) is 4.79. The first-order valence-electron chi connectivity index (χ1n) is 5.28. The van der Waals surface area contributed by atoms with E-state index in [1.807, 2.05) is 13.8 Å². The van der Waals surface area contributed by atoms with Crippen molar-refractivity contribution in [3.8, 4) is 5.75 Å². The molecule has 16 heavy (non-hydrogen) atoms. The fourth-order valence-corrected chi connectivity index (χ4v) is 1.21. The number of amides is 1. The summed E-state index contributed by atoms with van der Waals surface area (Å²) in [6.07, 6.45) is 0.165. The van der Waals surface area contributed by atoms with Gasteiger partial charge in [-0.2, -0.15) is 0 Å². The Balaban J connectivity index is 2.35. The molecule has 0 atom stereocenters. The monoisotopic (exact) mass is 223 g/mol. The van der Waals surface area contributed by atoms with E-state index in [1.165, 1.54) is 12.1 Å². The van der Waals surface area contributed by atoms with Gasteiger partial charge in [0.2, 0.25) is 0 Å². The van der Waals surface area contributed by atoms with E-state index >= 15 is 0 Å². The highest BCUT2D eigenvalue weighted by atomic mass is 16.5. The lowest BCUT2D eigenvalue weighted by atomic mass is 10.2. The van der Waals surface area contributed by atoms with Crippen LogP contribution >= 0.6 is 0 Å². The van der Waals surface area contributed by atoms with Gasteiger partial charge in [0.25, 0.3) is 5.91 Å². The van der Waals surface area contributed by atoms with Crippen molar-refractivity contribution in [1.29, 1.82) is 0 Å². The fourth-order valence-electron chi connectivity index (χ4n) is 1.21. The molecule has 0 spiro atoms. The molecule has 0 radical (unpaired) electrons. The van der Waals surface area contributed by atoms with Crippen molar-refractivity contribution < 1.29 is 14.6 Å². The molecule has 0 saturated heterocycles. The molecule has 4 heteroatoms. The molecule has 0 aliphatic rings. The molecule has 0 aliphatic heterocycles. The van der Waals surface area contributed by atoms with Crippen LogP contribution in [0.3, 0.4) is 0 Å². The lowest BCUT2D eigenvalue weighted by Gasteiger charge is -2.08. The number of hydrogen-bond donors (Lipinski definition) is 2. The summed E-state index contributed by atoms with van der Waals surface area (Å²) in [5, 5.41) is 11.9. The largest absolute Gasteiger partial charge is 0.508 e. The summed E-state index contributed by atoms with van der Waals surface area (Å²) >= 11 is 0. The summed E-state index contributed by atoms with van der Waals surface area (Å²) in [4.78, 5) is 11.6. The Morgan fingerprint density at radius 1 is 1.50 bits per heavy atom. The van der Waals surface area contributed by atoms with Gasteiger partial charge in [0.1, 0.15) is 5.75 Å². The van der Waals surface area contributed by atoms with Gasteiger partial charge in [0, 0.05) is 12.1 Å². The number of ether oxygens (including phenoxy) is 1. The van der Waals surface area contributed by atoms with Gasteiger partial charge in [0.05, 0.1) is 12.7 Å². The maximum Gasteiger partial charge on any atom is 0.251 e. The standard InChI is InChI=1S/C12H17NO3/c1-9(2)16-7-6-13-12(15)10-4-3-5-11(14)8-10/h3-5,8-9,14H,6-7H2,1-2H3,(H,13,15). The Morgan fingerprint density at radius 3 is 2.88 bits per heavy atom. The highest BCUT2D eigenvalue weighted by Gasteiger charge is 2.04. The van der Waals surface area contributed by atoms with Crippen molar-refractivity contribution in [1.82, 2.24) is 5.32 Å². The zero-order valence-electron chi connectivity index (χ0n) is 9.56. The Hall–Kier alpha value is -1.55. The molecular formula is C12H17NO3. The molecule has 1 rings (SSSR count). The van der Waals surface area contributed by atoms with E-state index in [0.29, 0.717) is 18.7 Å². The van der Waals surface area contributed by atoms with Crippen molar-refractivity contribution in [2.45, 2.75) is 20.0 Å². The average Bonchev–Trinajstić information content (AvgIpc) is 2.24. The normalized spacial score (nSPS) is 10.4. The van der Waals surface area contributed by atoms with Gasteiger partial charge < -0.3 is 15.2 Å². The van der Waals surface area contributed by atoms with Crippen molar-refractivity contribution >= 4 is 5.91 Å². The van der Waals surface area contributed by atoms with Crippen molar-refractivity contribution in [2.24, 2.45) is 0 Å². The van der Waals surface area contributed by atoms with Gasteiger partial charge in [-0.3, -0.25) is 4.79 Å². The predicted octanol–water partition coefficient (Wildman–Crippen LogP) is 1.55. The first kappa shape index (κ1) is 12.5. The molecule has 0 unspecified atom stereocenters. The molecule has 2 N–H and O–H groups in total. The molecule has 1 amide bonds. The summed E-state index contributed by atoms with van der Waals surface area (Å²) in [6, 6.07) is 6.24. The SMILES string of the molecule is CC(C)OCCNC(=O)c1cccc(O)c1. The summed E-state index contributed by atoms with van der Waals surface area (Å²) in [6.45, 7) is 4.84. The maximum atomic E-state index is 11.6. The summed E-state index contributed by atoms with van der Waals surface area (Å²) in [5.41, 5.74) is 0.449. The molecule has 0 saturated carbocycles. The minimum atomic E-state index is -0.205. The fraction of sp³-hybridized carbons (Fsp3) is 0.417. The third kappa shape index (κ3) is 4.31. The van der Waals surface area contributed by atoms with E-state index in [1.54, 1.807) is 12.1 Å². The van der Waals surface area contributed by atoms with E-state index in [4.69, 9.17) is 4.74 Å². The maximum absolute atomic E-state index is 11.6. The van der Waals surface area contributed by atoms with Crippen molar-refractivity contribution in [3.05, 3.63) is 29.8 Å². The second-order valence-electron chi connectivity index (χ2n) is 3.73. The Bertz CT molecular complexity index is 350. The number of rotatable bonds is 5. The first-order valence-corrected chi connectivity index (χ1v) is 5.28. The van der Waals surface area contributed by atoms with Crippen molar-refractivity contribution in [3.63, 3.8) is 0 Å². The van der Waals surface area contributed by atoms with Crippen LogP contribution in [0.5, 0.6) is 5.75 Å². The quantitative estimate of drug-likeness (QED) is 0.744. The molecular weight excluding hydrogens is 206 g/mol. The van der Waals surface area contributed by atoms with Gasteiger partial charge in [-0.15, -0.1) is 0 Å². The molecule has 1 aromatic carbocycles. The summed E-state index contributed by atoms with van der Waals surface area (Å²) in [7, 11) is 0. The van der Waals surface area contributed by atoms with E-state index < -0.39 is 0 Å². The van der Waals surface area contributed by atoms with Gasteiger partial charge in [-0.1, -0.05) is 6.07 Å². The lowest BCUT2D eigenvalue weighted by molar-refractivity contribution is 0.0746. The predicted molar refractivity (Wildman–Crippen MR) is 61.5 cm³/mol. The number of carbonyl (C=O) groups is 1. The van der Waals surface area contributed by atoms with Gasteiger partial charge in [-0.25, -0.2) is 0 Å². The molecule has 4 nitrogen and oxygen atoms in total. The second kappa shape index (κ2) is 6.12. The Labute approximate surface area is 95.2 Å². The minimum absolute atomic E-state index is 0.0890. The van der Waals surface area contributed by atoms with Crippen LogP contribution in [0.4, 0.5) is 0 Å². The number of carbonyl (C=O) groups excluding carboxylic acids is 1. The van der Waals surface area contributed by atoms with Crippen molar-refractivity contribution in [2.75, 3.05) is 13.2 Å². The van der Waals surface area contributed by atoms with E-state index in [0.717, 1.165) is 0 Å². The van der Waals surface area contributed by atoms with Crippen LogP contribution in [0.15, 0.2) is 24.3 Å². The first-order chi connectivity index (χ1) is 7.59. The van der Waals surface area contributed by atoms with Crippen LogP contribution in [-0.2, 0) is 4.74 Å². The Morgan fingerprint density at radius 2 is 2.25 bits per heavy atom.